The van der Waals surface area contributed by atoms with Crippen molar-refractivity contribution in [2.24, 2.45) is 0 Å². The quantitative estimate of drug-likeness (QED) is 0.297. The summed E-state index contributed by atoms with van der Waals surface area (Å²) in [6, 6.07) is 0. The lowest BCUT2D eigenvalue weighted by molar-refractivity contribution is -0.138. The van der Waals surface area contributed by atoms with Crippen molar-refractivity contribution in [2.75, 3.05) is 39.6 Å². The third kappa shape index (κ3) is 23.4. The fraction of sp³-hybridized carbons (Fsp3) is 0.950. The fourth-order valence-corrected chi connectivity index (χ4v) is 2.57. The second-order valence-corrected chi connectivity index (χ2v) is 6.52. The molecule has 1 N–H and O–H groups in total. The molecule has 0 aliphatic carbocycles. The number of hydrogen-bond donors (Lipinski definition) is 1. The topological polar surface area (TPSA) is 65.0 Å². The molecule has 0 unspecified atom stereocenters. The van der Waals surface area contributed by atoms with E-state index in [1.165, 1.54) is 64.2 Å². The molecule has 0 rings (SSSR count). The zero-order valence-electron chi connectivity index (χ0n) is 16.3. The summed E-state index contributed by atoms with van der Waals surface area (Å²) in [6.07, 6.45) is 14.9. The first-order valence-corrected chi connectivity index (χ1v) is 10.2. The Balaban J connectivity index is 2.97. The van der Waals surface area contributed by atoms with E-state index in [-0.39, 0.29) is 13.0 Å². The first kappa shape index (κ1) is 24.4. The molecule has 5 heteroatoms. The van der Waals surface area contributed by atoms with Crippen LogP contribution in [0.5, 0.6) is 0 Å². The van der Waals surface area contributed by atoms with E-state index in [1.807, 2.05) is 0 Å². The highest BCUT2D eigenvalue weighted by Crippen LogP contribution is 2.11. The Hall–Kier alpha value is -0.650. The van der Waals surface area contributed by atoms with Crippen molar-refractivity contribution in [3.63, 3.8) is 0 Å². The number of ether oxygens (including phenoxy) is 3. The molecular weight excluding hydrogens is 320 g/mol. The van der Waals surface area contributed by atoms with Crippen LogP contribution in [-0.4, -0.2) is 50.7 Å². The minimum absolute atomic E-state index is 0.0437. The SMILES string of the molecule is CCCCCCCCCCCCCOCCOCCOCCC(=O)O. The number of carbonyl (C=O) groups is 1. The summed E-state index contributed by atoms with van der Waals surface area (Å²) in [5.41, 5.74) is 0. The predicted octanol–water partition coefficient (Wildman–Crippen LogP) is 4.82. The standard InChI is InChI=1S/C20H40O5/c1-2-3-4-5-6-7-8-9-10-11-12-14-23-16-18-25-19-17-24-15-13-20(21)22/h2-19H2,1H3,(H,21,22). The van der Waals surface area contributed by atoms with E-state index in [1.54, 1.807) is 0 Å². The highest BCUT2D eigenvalue weighted by atomic mass is 16.5. The molecule has 0 saturated carbocycles. The summed E-state index contributed by atoms with van der Waals surface area (Å²) >= 11 is 0. The third-order valence-electron chi connectivity index (χ3n) is 4.10. The number of rotatable bonds is 21. The Kier molecular flexibility index (Phi) is 20.8. The van der Waals surface area contributed by atoms with Crippen LogP contribution in [0.2, 0.25) is 0 Å². The van der Waals surface area contributed by atoms with Crippen LogP contribution in [0.3, 0.4) is 0 Å². The van der Waals surface area contributed by atoms with Crippen LogP contribution in [0, 0.1) is 0 Å². The smallest absolute Gasteiger partial charge is 0.305 e. The largest absolute Gasteiger partial charge is 0.481 e. The van der Waals surface area contributed by atoms with Gasteiger partial charge in [0, 0.05) is 6.61 Å². The lowest BCUT2D eigenvalue weighted by atomic mass is 10.1. The van der Waals surface area contributed by atoms with Crippen LogP contribution in [0.4, 0.5) is 0 Å². The zero-order chi connectivity index (χ0) is 18.4. The Morgan fingerprint density at radius 3 is 1.48 bits per heavy atom. The highest BCUT2D eigenvalue weighted by Gasteiger charge is 1.97. The second kappa shape index (κ2) is 21.4. The monoisotopic (exact) mass is 360 g/mol. The molecule has 0 aliphatic heterocycles. The first-order valence-electron chi connectivity index (χ1n) is 10.2. The normalized spacial score (nSPS) is 11.1. The van der Waals surface area contributed by atoms with E-state index >= 15 is 0 Å². The number of hydrogen-bond acceptors (Lipinski definition) is 4. The average Bonchev–Trinajstić information content (AvgIpc) is 2.60. The van der Waals surface area contributed by atoms with Gasteiger partial charge in [-0.25, -0.2) is 0 Å². The molecule has 150 valence electrons. The third-order valence-corrected chi connectivity index (χ3v) is 4.10. The van der Waals surface area contributed by atoms with Crippen LogP contribution in [0.15, 0.2) is 0 Å². The van der Waals surface area contributed by atoms with E-state index in [4.69, 9.17) is 19.3 Å². The summed E-state index contributed by atoms with van der Waals surface area (Å²) in [6.45, 7) is 5.43. The lowest BCUT2D eigenvalue weighted by Gasteiger charge is -2.06. The summed E-state index contributed by atoms with van der Waals surface area (Å²) < 4.78 is 16.0. The molecule has 0 fully saturated rings. The molecule has 0 saturated heterocycles. The maximum absolute atomic E-state index is 10.3. The van der Waals surface area contributed by atoms with Gasteiger partial charge in [-0.1, -0.05) is 71.1 Å². The second-order valence-electron chi connectivity index (χ2n) is 6.52. The molecule has 0 amide bonds. The van der Waals surface area contributed by atoms with Crippen molar-refractivity contribution >= 4 is 5.97 Å². The van der Waals surface area contributed by atoms with E-state index in [0.29, 0.717) is 26.4 Å². The molecule has 0 aromatic rings. The number of unbranched alkanes of at least 4 members (excludes halogenated alkanes) is 10. The van der Waals surface area contributed by atoms with Crippen molar-refractivity contribution in [3.8, 4) is 0 Å². The Labute approximate surface area is 154 Å². The van der Waals surface area contributed by atoms with E-state index in [2.05, 4.69) is 6.92 Å². The van der Waals surface area contributed by atoms with Crippen molar-refractivity contribution in [1.82, 2.24) is 0 Å². The maximum atomic E-state index is 10.3. The van der Waals surface area contributed by atoms with Gasteiger partial charge in [-0.2, -0.15) is 0 Å². The van der Waals surface area contributed by atoms with Crippen molar-refractivity contribution in [1.29, 1.82) is 0 Å². The Morgan fingerprint density at radius 1 is 0.600 bits per heavy atom. The van der Waals surface area contributed by atoms with Crippen molar-refractivity contribution < 1.29 is 24.1 Å². The van der Waals surface area contributed by atoms with Gasteiger partial charge in [0.15, 0.2) is 0 Å². The molecule has 0 atom stereocenters. The lowest BCUT2D eigenvalue weighted by Crippen LogP contribution is -2.11. The van der Waals surface area contributed by atoms with Gasteiger partial charge in [0.1, 0.15) is 0 Å². The molecule has 5 nitrogen and oxygen atoms in total. The van der Waals surface area contributed by atoms with E-state index < -0.39 is 5.97 Å². The highest BCUT2D eigenvalue weighted by molar-refractivity contribution is 5.66. The molecule has 0 aromatic carbocycles. The van der Waals surface area contributed by atoms with Crippen LogP contribution in [0.25, 0.3) is 0 Å². The van der Waals surface area contributed by atoms with Crippen LogP contribution in [-0.2, 0) is 19.0 Å². The summed E-state index contributed by atoms with van der Waals surface area (Å²) in [5, 5.41) is 8.44. The average molecular weight is 361 g/mol. The molecule has 0 heterocycles. The van der Waals surface area contributed by atoms with Gasteiger partial charge in [0.25, 0.3) is 0 Å². The summed E-state index contributed by atoms with van der Waals surface area (Å²) in [4.78, 5) is 10.3. The summed E-state index contributed by atoms with van der Waals surface area (Å²) in [7, 11) is 0. The Morgan fingerprint density at radius 2 is 1.00 bits per heavy atom. The van der Waals surface area contributed by atoms with Gasteiger partial charge < -0.3 is 19.3 Å². The molecular formula is C20H40O5. The number of carboxylic acids is 1. The first-order chi connectivity index (χ1) is 12.3. The summed E-state index contributed by atoms with van der Waals surface area (Å²) in [5.74, 6) is -0.836. The van der Waals surface area contributed by atoms with Crippen LogP contribution < -0.4 is 0 Å². The van der Waals surface area contributed by atoms with Crippen molar-refractivity contribution in [3.05, 3.63) is 0 Å². The van der Waals surface area contributed by atoms with Crippen molar-refractivity contribution in [2.45, 2.75) is 84.0 Å². The number of aliphatic carboxylic acids is 1. The molecule has 0 spiro atoms. The van der Waals surface area contributed by atoms with E-state index in [0.717, 1.165) is 13.0 Å². The molecule has 0 aliphatic rings. The number of carboxylic acid groups (broad SMARTS) is 1. The van der Waals surface area contributed by atoms with Gasteiger partial charge in [-0.3, -0.25) is 4.79 Å². The van der Waals surface area contributed by atoms with Gasteiger partial charge >= 0.3 is 5.97 Å². The Bertz CT molecular complexity index is 271. The predicted molar refractivity (Wildman–Crippen MR) is 101 cm³/mol. The van der Waals surface area contributed by atoms with Gasteiger partial charge in [0.05, 0.1) is 39.5 Å². The fourth-order valence-electron chi connectivity index (χ4n) is 2.57. The zero-order valence-corrected chi connectivity index (χ0v) is 16.3. The van der Waals surface area contributed by atoms with Gasteiger partial charge in [-0.05, 0) is 6.42 Å². The molecule has 0 bridgehead atoms. The molecule has 0 radical (unpaired) electrons. The molecule has 0 aromatic heterocycles. The van der Waals surface area contributed by atoms with Crippen LogP contribution >= 0.6 is 0 Å². The molecule has 25 heavy (non-hydrogen) atoms. The maximum Gasteiger partial charge on any atom is 0.305 e. The minimum Gasteiger partial charge on any atom is -0.481 e. The van der Waals surface area contributed by atoms with Gasteiger partial charge in [0.2, 0.25) is 0 Å². The van der Waals surface area contributed by atoms with Gasteiger partial charge in [-0.15, -0.1) is 0 Å². The van der Waals surface area contributed by atoms with E-state index in [9.17, 15) is 4.79 Å². The minimum atomic E-state index is -0.836. The van der Waals surface area contributed by atoms with Crippen LogP contribution in [0.1, 0.15) is 84.0 Å².